The first-order valence-electron chi connectivity index (χ1n) is 1.72. The van der Waals surface area contributed by atoms with Crippen molar-refractivity contribution in [2.24, 2.45) is 0 Å². The van der Waals surface area contributed by atoms with E-state index in [0.717, 1.165) is 6.08 Å². The Balaban J connectivity index is 3.03. The lowest BCUT2D eigenvalue weighted by molar-refractivity contribution is 0.242. The molecule has 0 bridgehead atoms. The number of aliphatic hydroxyl groups is 1. The summed E-state index contributed by atoms with van der Waals surface area (Å²) in [5.74, 6) is 0. The largest absolute Gasteiger partial charge is 0.389 e. The zero-order valence-corrected chi connectivity index (χ0v) is 3.56. The highest BCUT2D eigenvalue weighted by molar-refractivity contribution is 4.77. The highest BCUT2D eigenvalue weighted by atomic mass is 19.1. The summed E-state index contributed by atoms with van der Waals surface area (Å²) < 4.78 is 10.9. The standard InChI is InChI=1S/C4H7FO/c1-4(6)2-3-5/h2-4,6H,1H3/t4-/m1/s1. The van der Waals surface area contributed by atoms with Gasteiger partial charge in [-0.05, 0) is 13.0 Å². The Morgan fingerprint density at radius 2 is 2.33 bits per heavy atom. The fraction of sp³-hybridized carbons (Fsp3) is 0.500. The molecule has 0 radical (unpaired) electrons. The van der Waals surface area contributed by atoms with E-state index >= 15 is 0 Å². The van der Waals surface area contributed by atoms with Crippen LogP contribution in [0.2, 0.25) is 0 Å². The summed E-state index contributed by atoms with van der Waals surface area (Å²) in [6.07, 6.45) is 0.722. The van der Waals surface area contributed by atoms with Crippen LogP contribution in [0.3, 0.4) is 0 Å². The Bertz CT molecular complexity index is 49.5. The Hall–Kier alpha value is -0.370. The van der Waals surface area contributed by atoms with E-state index in [2.05, 4.69) is 0 Å². The van der Waals surface area contributed by atoms with Crippen molar-refractivity contribution in [2.45, 2.75) is 13.0 Å². The van der Waals surface area contributed by atoms with Gasteiger partial charge in [-0.25, -0.2) is 4.39 Å². The Morgan fingerprint density at radius 1 is 1.83 bits per heavy atom. The van der Waals surface area contributed by atoms with E-state index in [0.29, 0.717) is 6.33 Å². The molecule has 6 heavy (non-hydrogen) atoms. The van der Waals surface area contributed by atoms with Gasteiger partial charge in [0.05, 0.1) is 12.4 Å². The molecule has 0 heterocycles. The van der Waals surface area contributed by atoms with Crippen LogP contribution < -0.4 is 0 Å². The SMILES string of the molecule is C[C@@H](O)C=CF. The molecule has 1 atom stereocenters. The molecule has 0 saturated carbocycles. The van der Waals surface area contributed by atoms with Crippen LogP contribution in [0.25, 0.3) is 0 Å². The fourth-order valence-electron chi connectivity index (χ4n) is 0.105. The van der Waals surface area contributed by atoms with Crippen molar-refractivity contribution in [1.29, 1.82) is 0 Å². The quantitative estimate of drug-likeness (QED) is 0.506. The third-order valence-electron chi connectivity index (χ3n) is 0.351. The monoisotopic (exact) mass is 90.0 g/mol. The highest BCUT2D eigenvalue weighted by Crippen LogP contribution is 1.80. The zero-order chi connectivity index (χ0) is 4.99. The van der Waals surface area contributed by atoms with E-state index in [4.69, 9.17) is 5.11 Å². The van der Waals surface area contributed by atoms with Crippen molar-refractivity contribution >= 4 is 0 Å². The van der Waals surface area contributed by atoms with E-state index in [-0.39, 0.29) is 0 Å². The van der Waals surface area contributed by atoms with Gasteiger partial charge in [0.1, 0.15) is 0 Å². The molecule has 0 aliphatic carbocycles. The van der Waals surface area contributed by atoms with E-state index in [1.807, 2.05) is 0 Å². The summed E-state index contributed by atoms with van der Waals surface area (Å²) in [5, 5.41) is 8.23. The van der Waals surface area contributed by atoms with Crippen molar-refractivity contribution in [1.82, 2.24) is 0 Å². The minimum absolute atomic E-state index is 0.324. The van der Waals surface area contributed by atoms with Gasteiger partial charge in [0.2, 0.25) is 0 Å². The van der Waals surface area contributed by atoms with E-state index in [9.17, 15) is 4.39 Å². The van der Waals surface area contributed by atoms with Gasteiger partial charge in [0, 0.05) is 0 Å². The smallest absolute Gasteiger partial charge is 0.0852 e. The second-order valence-corrected chi connectivity index (χ2v) is 1.06. The van der Waals surface area contributed by atoms with Gasteiger partial charge >= 0.3 is 0 Å². The van der Waals surface area contributed by atoms with Gasteiger partial charge in [-0.2, -0.15) is 0 Å². The summed E-state index contributed by atoms with van der Waals surface area (Å²) in [6.45, 7) is 1.48. The maximum Gasteiger partial charge on any atom is 0.0852 e. The maximum atomic E-state index is 10.9. The first-order valence-corrected chi connectivity index (χ1v) is 1.72. The van der Waals surface area contributed by atoms with Crippen molar-refractivity contribution in [3.8, 4) is 0 Å². The summed E-state index contributed by atoms with van der Waals surface area (Å²) in [7, 11) is 0. The molecule has 0 unspecified atom stereocenters. The number of rotatable bonds is 1. The molecule has 0 aromatic heterocycles. The fourth-order valence-corrected chi connectivity index (χ4v) is 0.105. The maximum absolute atomic E-state index is 10.9. The van der Waals surface area contributed by atoms with E-state index in [1.54, 1.807) is 0 Å². The van der Waals surface area contributed by atoms with Crippen LogP contribution in [0.5, 0.6) is 0 Å². The lowest BCUT2D eigenvalue weighted by Gasteiger charge is -1.85. The van der Waals surface area contributed by atoms with Crippen LogP contribution in [0.1, 0.15) is 6.92 Å². The summed E-state index contributed by atoms with van der Waals surface area (Å²) in [6, 6.07) is 0. The normalized spacial score (nSPS) is 15.8. The molecule has 0 fully saturated rings. The topological polar surface area (TPSA) is 20.2 Å². The second kappa shape index (κ2) is 2.85. The molecule has 1 nitrogen and oxygen atoms in total. The Kier molecular flexibility index (Phi) is 2.67. The number of hydrogen-bond donors (Lipinski definition) is 1. The van der Waals surface area contributed by atoms with Crippen LogP contribution in [0.4, 0.5) is 4.39 Å². The molecule has 0 amide bonds. The van der Waals surface area contributed by atoms with Gasteiger partial charge in [-0.1, -0.05) is 0 Å². The molecular formula is C4H7FO. The first kappa shape index (κ1) is 5.63. The van der Waals surface area contributed by atoms with Gasteiger partial charge in [0.15, 0.2) is 0 Å². The summed E-state index contributed by atoms with van der Waals surface area (Å²) >= 11 is 0. The Morgan fingerprint density at radius 3 is 2.33 bits per heavy atom. The highest BCUT2D eigenvalue weighted by Gasteiger charge is 1.79. The molecule has 1 N–H and O–H groups in total. The van der Waals surface area contributed by atoms with Gasteiger partial charge in [-0.3, -0.25) is 0 Å². The van der Waals surface area contributed by atoms with Crippen LogP contribution >= 0.6 is 0 Å². The number of hydrogen-bond acceptors (Lipinski definition) is 1. The average molecular weight is 90.1 g/mol. The molecule has 0 rings (SSSR count). The van der Waals surface area contributed by atoms with Gasteiger partial charge in [0.25, 0.3) is 0 Å². The molecule has 36 valence electrons. The molecule has 0 aromatic carbocycles. The predicted octanol–water partition coefficient (Wildman–Crippen LogP) is 0.850. The first-order chi connectivity index (χ1) is 2.77. The molecular weight excluding hydrogens is 83.0 g/mol. The third-order valence-corrected chi connectivity index (χ3v) is 0.351. The van der Waals surface area contributed by atoms with Crippen molar-refractivity contribution < 1.29 is 9.50 Å². The van der Waals surface area contributed by atoms with Crippen LogP contribution in [-0.2, 0) is 0 Å². The molecule has 0 spiro atoms. The lowest BCUT2D eigenvalue weighted by Crippen LogP contribution is -1.89. The third kappa shape index (κ3) is 3.63. The van der Waals surface area contributed by atoms with E-state index < -0.39 is 6.10 Å². The minimum Gasteiger partial charge on any atom is -0.389 e. The second-order valence-electron chi connectivity index (χ2n) is 1.06. The van der Waals surface area contributed by atoms with Crippen molar-refractivity contribution in [3.63, 3.8) is 0 Å². The van der Waals surface area contributed by atoms with E-state index in [1.165, 1.54) is 6.92 Å². The molecule has 0 saturated heterocycles. The van der Waals surface area contributed by atoms with Gasteiger partial charge < -0.3 is 5.11 Å². The van der Waals surface area contributed by atoms with Crippen molar-refractivity contribution in [3.05, 3.63) is 12.4 Å². The summed E-state index contributed by atoms with van der Waals surface area (Å²) in [4.78, 5) is 0. The van der Waals surface area contributed by atoms with Crippen molar-refractivity contribution in [2.75, 3.05) is 0 Å². The van der Waals surface area contributed by atoms with Crippen LogP contribution in [0, 0.1) is 0 Å². The summed E-state index contributed by atoms with van der Waals surface area (Å²) in [5.41, 5.74) is 0. The van der Waals surface area contributed by atoms with Crippen LogP contribution in [-0.4, -0.2) is 11.2 Å². The number of aliphatic hydroxyl groups excluding tert-OH is 1. The Labute approximate surface area is 36.1 Å². The number of halogens is 1. The molecule has 0 aliphatic heterocycles. The molecule has 0 aromatic rings. The predicted molar refractivity (Wildman–Crippen MR) is 21.9 cm³/mol. The molecule has 0 aliphatic rings. The lowest BCUT2D eigenvalue weighted by atomic mass is 10.4. The average Bonchev–Trinajstić information content (AvgIpc) is 1.35. The molecule has 2 heteroatoms. The van der Waals surface area contributed by atoms with Gasteiger partial charge in [-0.15, -0.1) is 0 Å². The zero-order valence-electron chi connectivity index (χ0n) is 3.56. The minimum atomic E-state index is -0.657. The van der Waals surface area contributed by atoms with Crippen LogP contribution in [0.15, 0.2) is 12.4 Å².